The van der Waals surface area contributed by atoms with Crippen LogP contribution in [0.15, 0.2) is 34.7 Å². The molecule has 0 saturated carbocycles. The fourth-order valence-electron chi connectivity index (χ4n) is 1.63. The third-order valence-corrected chi connectivity index (χ3v) is 2.54. The Bertz CT molecular complexity index is 505. The Hall–Kier alpha value is -1.94. The van der Waals surface area contributed by atoms with Crippen LogP contribution in [0.25, 0.3) is 0 Å². The molecule has 0 aliphatic carbocycles. The molecule has 4 heteroatoms. The maximum absolute atomic E-state index is 9.28. The SMILES string of the molecule is Cc1cc(O)ccc1NCc1ccc(CO)o1. The van der Waals surface area contributed by atoms with Gasteiger partial charge in [-0.05, 0) is 42.8 Å². The maximum Gasteiger partial charge on any atom is 0.129 e. The lowest BCUT2D eigenvalue weighted by Crippen LogP contribution is -1.99. The third-order valence-electron chi connectivity index (χ3n) is 2.54. The van der Waals surface area contributed by atoms with E-state index >= 15 is 0 Å². The zero-order valence-electron chi connectivity index (χ0n) is 9.60. The topological polar surface area (TPSA) is 65.6 Å². The molecule has 1 aromatic heterocycles. The zero-order chi connectivity index (χ0) is 12.3. The number of phenolic OH excluding ortho intramolecular Hbond substituents is 1. The quantitative estimate of drug-likeness (QED) is 0.709. The smallest absolute Gasteiger partial charge is 0.129 e. The van der Waals surface area contributed by atoms with Crippen molar-refractivity contribution in [2.75, 3.05) is 5.32 Å². The van der Waals surface area contributed by atoms with Gasteiger partial charge in [0.15, 0.2) is 0 Å². The van der Waals surface area contributed by atoms with Crippen molar-refractivity contribution >= 4 is 5.69 Å². The number of hydrogen-bond donors (Lipinski definition) is 3. The van der Waals surface area contributed by atoms with Crippen molar-refractivity contribution in [1.82, 2.24) is 0 Å². The predicted molar refractivity (Wildman–Crippen MR) is 64.8 cm³/mol. The minimum Gasteiger partial charge on any atom is -0.508 e. The Morgan fingerprint density at radius 1 is 1.18 bits per heavy atom. The summed E-state index contributed by atoms with van der Waals surface area (Å²) in [6.07, 6.45) is 0. The van der Waals surface area contributed by atoms with Crippen molar-refractivity contribution in [3.8, 4) is 5.75 Å². The molecule has 4 nitrogen and oxygen atoms in total. The van der Waals surface area contributed by atoms with Gasteiger partial charge in [0.2, 0.25) is 0 Å². The molecule has 0 spiro atoms. The van der Waals surface area contributed by atoms with Gasteiger partial charge in [-0.15, -0.1) is 0 Å². The minimum atomic E-state index is -0.0851. The Morgan fingerprint density at radius 2 is 1.94 bits per heavy atom. The van der Waals surface area contributed by atoms with Crippen molar-refractivity contribution in [1.29, 1.82) is 0 Å². The average molecular weight is 233 g/mol. The van der Waals surface area contributed by atoms with Gasteiger partial charge in [0.25, 0.3) is 0 Å². The molecule has 0 unspecified atom stereocenters. The molecule has 1 heterocycles. The summed E-state index contributed by atoms with van der Waals surface area (Å²) in [5.41, 5.74) is 1.92. The van der Waals surface area contributed by atoms with Crippen LogP contribution in [0.3, 0.4) is 0 Å². The van der Waals surface area contributed by atoms with Crippen LogP contribution in [0.4, 0.5) is 5.69 Å². The van der Waals surface area contributed by atoms with E-state index in [1.54, 1.807) is 18.2 Å². The van der Waals surface area contributed by atoms with Crippen LogP contribution in [0.1, 0.15) is 17.1 Å². The highest BCUT2D eigenvalue weighted by molar-refractivity contribution is 5.53. The lowest BCUT2D eigenvalue weighted by atomic mass is 10.2. The highest BCUT2D eigenvalue weighted by atomic mass is 16.4. The molecule has 1 aromatic carbocycles. The lowest BCUT2D eigenvalue weighted by Gasteiger charge is -2.08. The first-order valence-corrected chi connectivity index (χ1v) is 5.41. The van der Waals surface area contributed by atoms with E-state index in [4.69, 9.17) is 9.52 Å². The Kier molecular flexibility index (Phi) is 3.35. The zero-order valence-corrected chi connectivity index (χ0v) is 9.60. The second-order valence-electron chi connectivity index (χ2n) is 3.88. The van der Waals surface area contributed by atoms with Crippen LogP contribution in [0.5, 0.6) is 5.75 Å². The van der Waals surface area contributed by atoms with Gasteiger partial charge in [-0.1, -0.05) is 0 Å². The molecule has 2 rings (SSSR count). The average Bonchev–Trinajstić information content (AvgIpc) is 2.76. The minimum absolute atomic E-state index is 0.0851. The van der Waals surface area contributed by atoms with E-state index < -0.39 is 0 Å². The molecule has 2 aromatic rings. The molecule has 0 amide bonds. The van der Waals surface area contributed by atoms with E-state index in [0.29, 0.717) is 12.3 Å². The Labute approximate surface area is 99.5 Å². The van der Waals surface area contributed by atoms with Crippen molar-refractivity contribution in [3.63, 3.8) is 0 Å². The molecule has 0 bridgehead atoms. The van der Waals surface area contributed by atoms with E-state index in [1.807, 2.05) is 19.1 Å². The molecule has 0 radical (unpaired) electrons. The van der Waals surface area contributed by atoms with Crippen LogP contribution in [-0.4, -0.2) is 10.2 Å². The van der Waals surface area contributed by atoms with E-state index in [9.17, 15) is 5.11 Å². The van der Waals surface area contributed by atoms with Crippen LogP contribution in [0, 0.1) is 6.92 Å². The van der Waals surface area contributed by atoms with Crippen molar-refractivity contribution in [3.05, 3.63) is 47.4 Å². The lowest BCUT2D eigenvalue weighted by molar-refractivity contribution is 0.244. The first kappa shape index (κ1) is 11.5. The standard InChI is InChI=1S/C13H15NO3/c1-9-6-10(16)2-5-13(9)14-7-11-3-4-12(8-15)17-11/h2-6,14-16H,7-8H2,1H3. The van der Waals surface area contributed by atoms with Gasteiger partial charge in [-0.25, -0.2) is 0 Å². The summed E-state index contributed by atoms with van der Waals surface area (Å²) < 4.78 is 5.36. The summed E-state index contributed by atoms with van der Waals surface area (Å²) in [5, 5.41) is 21.4. The number of rotatable bonds is 4. The molecule has 17 heavy (non-hydrogen) atoms. The number of aryl methyl sites for hydroxylation is 1. The summed E-state index contributed by atoms with van der Waals surface area (Å²) >= 11 is 0. The van der Waals surface area contributed by atoms with Gasteiger partial charge in [0.05, 0.1) is 6.54 Å². The van der Waals surface area contributed by atoms with Crippen molar-refractivity contribution < 1.29 is 14.6 Å². The predicted octanol–water partition coefficient (Wildman–Crippen LogP) is 2.40. The molecular weight excluding hydrogens is 218 g/mol. The summed E-state index contributed by atoms with van der Waals surface area (Å²) in [6, 6.07) is 8.73. The molecule has 90 valence electrons. The normalized spacial score (nSPS) is 10.5. The van der Waals surface area contributed by atoms with E-state index in [2.05, 4.69) is 5.32 Å². The first-order chi connectivity index (χ1) is 8.19. The number of furan rings is 1. The summed E-state index contributed by atoms with van der Waals surface area (Å²) in [6.45, 7) is 2.38. The molecule has 0 aliphatic rings. The summed E-state index contributed by atoms with van der Waals surface area (Å²) in [4.78, 5) is 0. The van der Waals surface area contributed by atoms with Crippen molar-refractivity contribution in [2.24, 2.45) is 0 Å². The van der Waals surface area contributed by atoms with Gasteiger partial charge >= 0.3 is 0 Å². The van der Waals surface area contributed by atoms with Gasteiger partial charge < -0.3 is 19.9 Å². The number of aliphatic hydroxyl groups is 1. The number of nitrogens with one attached hydrogen (secondary N) is 1. The molecule has 0 saturated heterocycles. The molecular formula is C13H15NO3. The number of aromatic hydroxyl groups is 1. The number of phenols is 1. The van der Waals surface area contributed by atoms with Crippen LogP contribution in [-0.2, 0) is 13.2 Å². The van der Waals surface area contributed by atoms with E-state index in [-0.39, 0.29) is 12.4 Å². The van der Waals surface area contributed by atoms with Gasteiger partial charge in [0, 0.05) is 5.69 Å². The van der Waals surface area contributed by atoms with Gasteiger partial charge in [-0.2, -0.15) is 0 Å². The Morgan fingerprint density at radius 3 is 2.59 bits per heavy atom. The number of anilines is 1. The maximum atomic E-state index is 9.28. The van der Waals surface area contributed by atoms with Gasteiger partial charge in [0.1, 0.15) is 23.9 Å². The fourth-order valence-corrected chi connectivity index (χ4v) is 1.63. The highest BCUT2D eigenvalue weighted by Crippen LogP contribution is 2.21. The summed E-state index contributed by atoms with van der Waals surface area (Å²) in [5.74, 6) is 1.58. The number of aliphatic hydroxyl groups excluding tert-OH is 1. The van der Waals surface area contributed by atoms with Crippen LogP contribution in [0.2, 0.25) is 0 Å². The molecule has 0 atom stereocenters. The largest absolute Gasteiger partial charge is 0.508 e. The second-order valence-corrected chi connectivity index (χ2v) is 3.88. The monoisotopic (exact) mass is 233 g/mol. The molecule has 0 aliphatic heterocycles. The van der Waals surface area contributed by atoms with E-state index in [0.717, 1.165) is 17.0 Å². The highest BCUT2D eigenvalue weighted by Gasteiger charge is 2.03. The summed E-state index contributed by atoms with van der Waals surface area (Å²) in [7, 11) is 0. The second kappa shape index (κ2) is 4.93. The first-order valence-electron chi connectivity index (χ1n) is 5.41. The Balaban J connectivity index is 2.02. The number of benzene rings is 1. The fraction of sp³-hybridized carbons (Fsp3) is 0.231. The van der Waals surface area contributed by atoms with Crippen LogP contribution < -0.4 is 5.32 Å². The van der Waals surface area contributed by atoms with Crippen LogP contribution >= 0.6 is 0 Å². The number of hydrogen-bond acceptors (Lipinski definition) is 4. The van der Waals surface area contributed by atoms with Gasteiger partial charge in [-0.3, -0.25) is 0 Å². The molecule has 3 N–H and O–H groups in total. The molecule has 0 fully saturated rings. The van der Waals surface area contributed by atoms with Crippen molar-refractivity contribution in [2.45, 2.75) is 20.1 Å². The third kappa shape index (κ3) is 2.79. The van der Waals surface area contributed by atoms with E-state index in [1.165, 1.54) is 0 Å².